The van der Waals surface area contributed by atoms with Crippen molar-refractivity contribution < 1.29 is 14.0 Å². The van der Waals surface area contributed by atoms with Gasteiger partial charge >= 0.3 is 0 Å². The molecule has 1 spiro atoms. The number of hydrogen-bond donors (Lipinski definition) is 1. The second kappa shape index (κ2) is 4.83. The number of aryl methyl sites for hydroxylation is 1. The number of halogens is 1. The van der Waals surface area contributed by atoms with Crippen molar-refractivity contribution >= 4 is 35.0 Å². The Hall–Kier alpha value is -2.34. The number of amides is 2. The largest absolute Gasteiger partial charge is 0.323 e. The maximum atomic E-state index is 13.8. The monoisotopic (exact) mass is 328 g/mol. The zero-order valence-corrected chi connectivity index (χ0v) is 13.1. The van der Waals surface area contributed by atoms with Crippen LogP contribution in [0.15, 0.2) is 42.5 Å². The minimum Gasteiger partial charge on any atom is -0.323 e. The molecule has 116 valence electrons. The standard InChI is InChI=1S/C17H13FN2O2S/c1-10-2-5-12(6-3-10)20-15(21)9-23-17(20)13-8-11(18)4-7-14(13)19-16(17)22/h2-8H,9H2,1H3,(H,19,22). The number of benzene rings is 2. The molecular weight excluding hydrogens is 315 g/mol. The molecule has 2 aromatic rings. The van der Waals surface area contributed by atoms with E-state index in [0.29, 0.717) is 16.9 Å². The summed E-state index contributed by atoms with van der Waals surface area (Å²) >= 11 is 1.22. The fourth-order valence-corrected chi connectivity index (χ4v) is 4.40. The van der Waals surface area contributed by atoms with Gasteiger partial charge < -0.3 is 5.32 Å². The third-order valence-electron chi connectivity index (χ3n) is 4.16. The molecule has 2 aromatic carbocycles. The second-order valence-electron chi connectivity index (χ2n) is 5.64. The van der Waals surface area contributed by atoms with E-state index < -0.39 is 10.7 Å². The van der Waals surface area contributed by atoms with Crippen LogP contribution in [0.4, 0.5) is 15.8 Å². The molecule has 0 radical (unpaired) electrons. The van der Waals surface area contributed by atoms with Gasteiger partial charge in [-0.15, -0.1) is 11.8 Å². The molecule has 6 heteroatoms. The van der Waals surface area contributed by atoms with E-state index in [1.54, 1.807) is 0 Å². The predicted octanol–water partition coefficient (Wildman–Crippen LogP) is 3.02. The van der Waals surface area contributed by atoms with Crippen LogP contribution >= 0.6 is 11.8 Å². The molecule has 1 N–H and O–H groups in total. The molecule has 0 bridgehead atoms. The number of carbonyl (C=O) groups excluding carboxylic acids is 2. The van der Waals surface area contributed by atoms with Crippen LogP contribution in [0.3, 0.4) is 0 Å². The molecule has 2 aliphatic rings. The van der Waals surface area contributed by atoms with E-state index in [-0.39, 0.29) is 17.6 Å². The number of thioether (sulfide) groups is 1. The predicted molar refractivity (Wildman–Crippen MR) is 87.8 cm³/mol. The molecule has 0 saturated carbocycles. The van der Waals surface area contributed by atoms with Gasteiger partial charge in [0.15, 0.2) is 0 Å². The molecule has 1 unspecified atom stereocenters. The Morgan fingerprint density at radius 2 is 1.91 bits per heavy atom. The lowest BCUT2D eigenvalue weighted by atomic mass is 10.0. The summed E-state index contributed by atoms with van der Waals surface area (Å²) in [5.74, 6) is -0.721. The van der Waals surface area contributed by atoms with Gasteiger partial charge in [-0.2, -0.15) is 0 Å². The summed E-state index contributed by atoms with van der Waals surface area (Å²) in [6.07, 6.45) is 0. The van der Waals surface area contributed by atoms with Crippen LogP contribution in [0.5, 0.6) is 0 Å². The van der Waals surface area contributed by atoms with E-state index in [1.807, 2.05) is 31.2 Å². The van der Waals surface area contributed by atoms with Crippen LogP contribution in [0.25, 0.3) is 0 Å². The zero-order chi connectivity index (χ0) is 16.2. The van der Waals surface area contributed by atoms with Gasteiger partial charge in [0.1, 0.15) is 5.82 Å². The Morgan fingerprint density at radius 3 is 2.65 bits per heavy atom. The topological polar surface area (TPSA) is 49.4 Å². The van der Waals surface area contributed by atoms with Gasteiger partial charge in [0.2, 0.25) is 10.8 Å². The zero-order valence-electron chi connectivity index (χ0n) is 12.3. The van der Waals surface area contributed by atoms with Crippen molar-refractivity contribution in [1.82, 2.24) is 0 Å². The van der Waals surface area contributed by atoms with Gasteiger partial charge in [0, 0.05) is 16.9 Å². The molecule has 1 atom stereocenters. The van der Waals surface area contributed by atoms with Gasteiger partial charge in [-0.3, -0.25) is 14.5 Å². The summed E-state index contributed by atoms with van der Waals surface area (Å²) in [4.78, 5) is 25.5. The first-order chi connectivity index (χ1) is 11.0. The molecule has 4 rings (SSSR count). The van der Waals surface area contributed by atoms with E-state index in [9.17, 15) is 14.0 Å². The maximum absolute atomic E-state index is 13.8. The van der Waals surface area contributed by atoms with Crippen LogP contribution < -0.4 is 10.2 Å². The fourth-order valence-electron chi connectivity index (χ4n) is 3.09. The summed E-state index contributed by atoms with van der Waals surface area (Å²) in [6, 6.07) is 11.6. The fraction of sp³-hybridized carbons (Fsp3) is 0.176. The number of rotatable bonds is 1. The van der Waals surface area contributed by atoms with Crippen molar-refractivity contribution in [1.29, 1.82) is 0 Å². The summed E-state index contributed by atoms with van der Waals surface area (Å²) in [5, 5.41) is 2.77. The third kappa shape index (κ3) is 1.91. The molecule has 4 nitrogen and oxygen atoms in total. The summed E-state index contributed by atoms with van der Waals surface area (Å²) in [5.41, 5.74) is 2.75. The highest BCUT2D eigenvalue weighted by Gasteiger charge is 2.58. The lowest BCUT2D eigenvalue weighted by molar-refractivity contribution is -0.122. The van der Waals surface area contributed by atoms with Crippen molar-refractivity contribution in [2.24, 2.45) is 0 Å². The number of nitrogens with one attached hydrogen (secondary N) is 1. The molecule has 1 saturated heterocycles. The van der Waals surface area contributed by atoms with Crippen molar-refractivity contribution in [3.63, 3.8) is 0 Å². The van der Waals surface area contributed by atoms with E-state index in [0.717, 1.165) is 5.56 Å². The molecule has 1 fully saturated rings. The van der Waals surface area contributed by atoms with Crippen LogP contribution in [0.1, 0.15) is 11.1 Å². The first-order valence-electron chi connectivity index (χ1n) is 7.17. The van der Waals surface area contributed by atoms with Crippen molar-refractivity contribution in [2.45, 2.75) is 11.8 Å². The van der Waals surface area contributed by atoms with Crippen molar-refractivity contribution in [3.05, 3.63) is 59.4 Å². The van der Waals surface area contributed by atoms with Crippen LogP contribution in [-0.2, 0) is 14.5 Å². The third-order valence-corrected chi connectivity index (χ3v) is 5.56. The maximum Gasteiger partial charge on any atom is 0.266 e. The van der Waals surface area contributed by atoms with Crippen molar-refractivity contribution in [3.8, 4) is 0 Å². The Labute approximate surface area is 136 Å². The lowest BCUT2D eigenvalue weighted by Gasteiger charge is -2.32. The van der Waals surface area contributed by atoms with E-state index >= 15 is 0 Å². The summed E-state index contributed by atoms with van der Waals surface area (Å²) in [6.45, 7) is 1.95. The number of carbonyl (C=O) groups is 2. The molecular formula is C17H13FN2O2S. The molecule has 0 aliphatic carbocycles. The van der Waals surface area contributed by atoms with Gasteiger partial charge in [0.25, 0.3) is 5.91 Å². The highest BCUT2D eigenvalue weighted by molar-refractivity contribution is 8.02. The Kier molecular flexibility index (Phi) is 2.99. The lowest BCUT2D eigenvalue weighted by Crippen LogP contribution is -2.47. The average Bonchev–Trinajstić information content (AvgIpc) is 3.01. The number of fused-ring (bicyclic) bond motifs is 2. The van der Waals surface area contributed by atoms with Crippen LogP contribution in [-0.4, -0.2) is 17.6 Å². The van der Waals surface area contributed by atoms with Crippen LogP contribution in [0, 0.1) is 12.7 Å². The van der Waals surface area contributed by atoms with E-state index in [4.69, 9.17) is 0 Å². The van der Waals surface area contributed by atoms with Gasteiger partial charge in [-0.05, 0) is 37.3 Å². The minimum absolute atomic E-state index is 0.161. The Morgan fingerprint density at radius 1 is 1.17 bits per heavy atom. The highest BCUT2D eigenvalue weighted by atomic mass is 32.2. The summed E-state index contributed by atoms with van der Waals surface area (Å²) in [7, 11) is 0. The normalized spacial score (nSPS) is 22.6. The Balaban J connectivity index is 1.93. The van der Waals surface area contributed by atoms with E-state index in [2.05, 4.69) is 5.32 Å². The molecule has 0 aromatic heterocycles. The SMILES string of the molecule is Cc1ccc(N2C(=O)CSC23C(=O)Nc2ccc(F)cc23)cc1. The Bertz CT molecular complexity index is 837. The molecule has 2 aliphatic heterocycles. The first kappa shape index (κ1) is 14.3. The quantitative estimate of drug-likeness (QED) is 0.875. The molecule has 2 heterocycles. The van der Waals surface area contributed by atoms with Gasteiger partial charge in [-0.25, -0.2) is 4.39 Å². The number of anilines is 2. The molecule has 23 heavy (non-hydrogen) atoms. The van der Waals surface area contributed by atoms with Crippen molar-refractivity contribution in [2.75, 3.05) is 16.0 Å². The number of hydrogen-bond acceptors (Lipinski definition) is 3. The van der Waals surface area contributed by atoms with E-state index in [1.165, 1.54) is 34.9 Å². The van der Waals surface area contributed by atoms with Crippen LogP contribution in [0.2, 0.25) is 0 Å². The minimum atomic E-state index is -1.23. The average molecular weight is 328 g/mol. The number of nitrogens with zero attached hydrogens (tertiary/aromatic N) is 1. The summed E-state index contributed by atoms with van der Waals surface area (Å²) < 4.78 is 13.8. The highest BCUT2D eigenvalue weighted by Crippen LogP contribution is 2.53. The molecule has 2 amide bonds. The smallest absolute Gasteiger partial charge is 0.266 e. The van der Waals surface area contributed by atoms with Gasteiger partial charge in [0.05, 0.1) is 5.75 Å². The first-order valence-corrected chi connectivity index (χ1v) is 8.16. The van der Waals surface area contributed by atoms with Gasteiger partial charge in [-0.1, -0.05) is 17.7 Å². The second-order valence-corrected chi connectivity index (χ2v) is 6.81.